The van der Waals surface area contributed by atoms with Gasteiger partial charge in [-0.2, -0.15) is 5.10 Å². The van der Waals surface area contributed by atoms with Crippen molar-refractivity contribution in [2.75, 3.05) is 12.3 Å². The van der Waals surface area contributed by atoms with Gasteiger partial charge in [0, 0.05) is 12.7 Å². The molecular formula is C9H12N6OS. The Balaban J connectivity index is 2.13. The average Bonchev–Trinajstić information content (AvgIpc) is 2.78. The monoisotopic (exact) mass is 252 g/mol. The number of nitrogens with one attached hydrogen (secondary N) is 1. The molecule has 0 bridgehead atoms. The van der Waals surface area contributed by atoms with E-state index in [1.54, 1.807) is 6.07 Å². The number of nitrogen functional groups attached to an aromatic ring is 1. The zero-order valence-electron chi connectivity index (χ0n) is 9.25. The second-order valence-electron chi connectivity index (χ2n) is 3.08. The Morgan fingerprint density at radius 1 is 1.47 bits per heavy atom. The molecule has 2 rings (SSSR count). The summed E-state index contributed by atoms with van der Waals surface area (Å²) in [6.07, 6.45) is 1.44. The molecule has 0 atom stereocenters. The lowest BCUT2D eigenvalue weighted by Crippen LogP contribution is -2.03. The van der Waals surface area contributed by atoms with Crippen molar-refractivity contribution in [3.05, 3.63) is 18.2 Å². The molecule has 0 saturated heterocycles. The van der Waals surface area contributed by atoms with Gasteiger partial charge in [-0.3, -0.25) is 5.10 Å². The molecule has 0 aliphatic rings. The van der Waals surface area contributed by atoms with Crippen molar-refractivity contribution in [3.63, 3.8) is 0 Å². The summed E-state index contributed by atoms with van der Waals surface area (Å²) < 4.78 is 5.24. The number of nitrogens with two attached hydrogens (primary N) is 1. The van der Waals surface area contributed by atoms with E-state index in [2.05, 4.69) is 25.1 Å². The van der Waals surface area contributed by atoms with Crippen LogP contribution in [0.1, 0.15) is 12.7 Å². The number of aromatic amines is 1. The van der Waals surface area contributed by atoms with E-state index in [4.69, 9.17) is 10.5 Å². The van der Waals surface area contributed by atoms with E-state index in [0.29, 0.717) is 35.0 Å². The van der Waals surface area contributed by atoms with Crippen LogP contribution in [0.4, 0.5) is 5.82 Å². The second kappa shape index (κ2) is 5.60. The van der Waals surface area contributed by atoms with Crippen LogP contribution in [-0.2, 0) is 11.3 Å². The number of hydrogen-bond acceptors (Lipinski definition) is 7. The van der Waals surface area contributed by atoms with Crippen molar-refractivity contribution >= 4 is 17.6 Å². The van der Waals surface area contributed by atoms with Crippen LogP contribution < -0.4 is 5.73 Å². The average molecular weight is 252 g/mol. The molecule has 0 aromatic carbocycles. The summed E-state index contributed by atoms with van der Waals surface area (Å²) in [5, 5.41) is 7.86. The van der Waals surface area contributed by atoms with Crippen LogP contribution in [0.25, 0.3) is 0 Å². The van der Waals surface area contributed by atoms with Gasteiger partial charge < -0.3 is 10.5 Å². The SMILES string of the molecule is CCOCc1nc(N)cc(Sc2ncn[nH]2)n1. The second-order valence-corrected chi connectivity index (χ2v) is 4.09. The summed E-state index contributed by atoms with van der Waals surface area (Å²) >= 11 is 1.34. The Kier molecular flexibility index (Phi) is 3.89. The lowest BCUT2D eigenvalue weighted by atomic mass is 10.5. The minimum atomic E-state index is 0.353. The first kappa shape index (κ1) is 11.8. The summed E-state index contributed by atoms with van der Waals surface area (Å²) in [7, 11) is 0. The zero-order valence-corrected chi connectivity index (χ0v) is 10.1. The molecule has 0 amide bonds. The van der Waals surface area contributed by atoms with Crippen LogP contribution in [0.15, 0.2) is 22.6 Å². The first-order chi connectivity index (χ1) is 8.28. The molecule has 0 spiro atoms. The largest absolute Gasteiger partial charge is 0.384 e. The first-order valence-corrected chi connectivity index (χ1v) is 5.84. The van der Waals surface area contributed by atoms with Crippen molar-refractivity contribution in [1.29, 1.82) is 0 Å². The van der Waals surface area contributed by atoms with Gasteiger partial charge in [-0.25, -0.2) is 15.0 Å². The number of nitrogens with zero attached hydrogens (tertiary/aromatic N) is 4. The maximum atomic E-state index is 5.69. The third kappa shape index (κ3) is 3.40. The Morgan fingerprint density at radius 3 is 3.06 bits per heavy atom. The van der Waals surface area contributed by atoms with Gasteiger partial charge in [-0.05, 0) is 18.7 Å². The van der Waals surface area contributed by atoms with Gasteiger partial charge in [-0.1, -0.05) is 0 Å². The van der Waals surface area contributed by atoms with E-state index in [1.807, 2.05) is 6.92 Å². The molecule has 0 unspecified atom stereocenters. The maximum absolute atomic E-state index is 5.69. The highest BCUT2D eigenvalue weighted by Crippen LogP contribution is 2.23. The minimum absolute atomic E-state index is 0.353. The molecule has 0 aliphatic carbocycles. The van der Waals surface area contributed by atoms with E-state index in [0.717, 1.165) is 0 Å². The first-order valence-electron chi connectivity index (χ1n) is 5.02. The Labute approximate surface area is 102 Å². The maximum Gasteiger partial charge on any atom is 0.189 e. The predicted molar refractivity (Wildman–Crippen MR) is 62.3 cm³/mol. The third-order valence-electron chi connectivity index (χ3n) is 1.80. The van der Waals surface area contributed by atoms with Gasteiger partial charge in [0.15, 0.2) is 11.0 Å². The smallest absolute Gasteiger partial charge is 0.189 e. The number of ether oxygens (including phenoxy) is 1. The van der Waals surface area contributed by atoms with E-state index >= 15 is 0 Å². The molecule has 17 heavy (non-hydrogen) atoms. The molecule has 0 saturated carbocycles. The lowest BCUT2D eigenvalue weighted by molar-refractivity contribution is 0.128. The fraction of sp³-hybridized carbons (Fsp3) is 0.333. The van der Waals surface area contributed by atoms with Gasteiger partial charge in [0.2, 0.25) is 0 Å². The van der Waals surface area contributed by atoms with Crippen molar-refractivity contribution in [2.45, 2.75) is 23.7 Å². The Bertz CT molecular complexity index is 474. The van der Waals surface area contributed by atoms with Gasteiger partial charge in [0.1, 0.15) is 23.8 Å². The van der Waals surface area contributed by atoms with E-state index in [-0.39, 0.29) is 0 Å². The molecule has 2 aromatic rings. The predicted octanol–water partition coefficient (Wildman–Crippen LogP) is 0.865. The highest BCUT2D eigenvalue weighted by atomic mass is 32.2. The fourth-order valence-corrected chi connectivity index (χ4v) is 1.87. The number of rotatable bonds is 5. The minimum Gasteiger partial charge on any atom is -0.384 e. The Hall–Kier alpha value is -1.67. The van der Waals surface area contributed by atoms with Gasteiger partial charge in [0.05, 0.1) is 0 Å². The number of H-pyrrole nitrogens is 1. The molecule has 8 heteroatoms. The lowest BCUT2D eigenvalue weighted by Gasteiger charge is -2.04. The normalized spacial score (nSPS) is 10.6. The molecule has 0 radical (unpaired) electrons. The van der Waals surface area contributed by atoms with Crippen LogP contribution in [-0.4, -0.2) is 31.8 Å². The molecular weight excluding hydrogens is 240 g/mol. The van der Waals surface area contributed by atoms with Gasteiger partial charge in [0.25, 0.3) is 0 Å². The van der Waals surface area contributed by atoms with Crippen molar-refractivity contribution in [3.8, 4) is 0 Å². The summed E-state index contributed by atoms with van der Waals surface area (Å²) in [5.74, 6) is 0.977. The number of aromatic nitrogens is 5. The molecule has 0 aliphatic heterocycles. The standard InChI is InChI=1S/C9H12N6OS/c1-2-16-4-7-13-6(10)3-8(14-7)17-9-11-5-12-15-9/h3,5H,2,4H2,1H3,(H2,10,13,14)(H,11,12,15). The molecule has 7 nitrogen and oxygen atoms in total. The number of hydrogen-bond donors (Lipinski definition) is 2. The summed E-state index contributed by atoms with van der Waals surface area (Å²) in [6, 6.07) is 1.68. The quantitative estimate of drug-likeness (QED) is 0.761. The molecule has 2 aromatic heterocycles. The van der Waals surface area contributed by atoms with Crippen LogP contribution in [0.3, 0.4) is 0 Å². The van der Waals surface area contributed by atoms with Gasteiger partial charge >= 0.3 is 0 Å². The van der Waals surface area contributed by atoms with Crippen molar-refractivity contribution in [1.82, 2.24) is 25.1 Å². The zero-order chi connectivity index (χ0) is 12.1. The van der Waals surface area contributed by atoms with Crippen molar-refractivity contribution < 1.29 is 4.74 Å². The van der Waals surface area contributed by atoms with E-state index < -0.39 is 0 Å². The van der Waals surface area contributed by atoms with Crippen LogP contribution in [0.5, 0.6) is 0 Å². The van der Waals surface area contributed by atoms with Gasteiger partial charge in [-0.15, -0.1) is 0 Å². The van der Waals surface area contributed by atoms with E-state index in [9.17, 15) is 0 Å². The van der Waals surface area contributed by atoms with Crippen LogP contribution in [0.2, 0.25) is 0 Å². The topological polar surface area (TPSA) is 103 Å². The summed E-state index contributed by atoms with van der Waals surface area (Å²) in [6.45, 7) is 2.88. The molecule has 90 valence electrons. The molecule has 2 heterocycles. The number of anilines is 1. The highest BCUT2D eigenvalue weighted by molar-refractivity contribution is 7.99. The third-order valence-corrected chi connectivity index (χ3v) is 2.61. The summed E-state index contributed by atoms with van der Waals surface area (Å²) in [4.78, 5) is 12.4. The molecule has 3 N–H and O–H groups in total. The van der Waals surface area contributed by atoms with Crippen LogP contribution in [0, 0.1) is 0 Å². The van der Waals surface area contributed by atoms with Crippen LogP contribution >= 0.6 is 11.8 Å². The molecule has 0 fully saturated rings. The van der Waals surface area contributed by atoms with E-state index in [1.165, 1.54) is 18.1 Å². The fourth-order valence-electron chi connectivity index (χ4n) is 1.14. The highest BCUT2D eigenvalue weighted by Gasteiger charge is 2.06. The Morgan fingerprint density at radius 2 is 2.35 bits per heavy atom. The van der Waals surface area contributed by atoms with Crippen molar-refractivity contribution in [2.24, 2.45) is 0 Å². The summed E-state index contributed by atoms with van der Waals surface area (Å²) in [5.41, 5.74) is 5.69.